The van der Waals surface area contributed by atoms with E-state index in [2.05, 4.69) is 5.16 Å². The Morgan fingerprint density at radius 2 is 2.62 bits per heavy atom. The molecule has 1 aromatic rings. The molecule has 0 aliphatic carbocycles. The van der Waals surface area contributed by atoms with Gasteiger partial charge in [0.2, 0.25) is 0 Å². The van der Waals surface area contributed by atoms with Crippen molar-refractivity contribution in [1.82, 2.24) is 0 Å². The molecule has 0 saturated heterocycles. The molecule has 0 amide bonds. The van der Waals surface area contributed by atoms with Crippen LogP contribution in [0, 0.1) is 0 Å². The molecule has 1 atom stereocenters. The van der Waals surface area contributed by atoms with Gasteiger partial charge in [-0.3, -0.25) is 0 Å². The SMILES string of the molecule is CC1(CO)CC(c2cccs2)=NO1. The van der Waals surface area contributed by atoms with Gasteiger partial charge in [-0.1, -0.05) is 11.2 Å². The Morgan fingerprint density at radius 3 is 3.15 bits per heavy atom. The van der Waals surface area contributed by atoms with E-state index in [0.717, 1.165) is 10.6 Å². The Bertz CT molecular complexity index is 320. The summed E-state index contributed by atoms with van der Waals surface area (Å²) in [7, 11) is 0. The van der Waals surface area contributed by atoms with Gasteiger partial charge in [0.25, 0.3) is 0 Å². The van der Waals surface area contributed by atoms with Gasteiger partial charge in [0.05, 0.1) is 11.5 Å². The Balaban J connectivity index is 2.14. The van der Waals surface area contributed by atoms with Crippen LogP contribution >= 0.6 is 11.3 Å². The highest BCUT2D eigenvalue weighted by molar-refractivity contribution is 7.12. The summed E-state index contributed by atoms with van der Waals surface area (Å²) in [6.45, 7) is 1.86. The molecule has 70 valence electrons. The summed E-state index contributed by atoms with van der Waals surface area (Å²) in [5, 5.41) is 15.0. The Labute approximate surface area is 80.6 Å². The van der Waals surface area contributed by atoms with Crippen LogP contribution in [0.2, 0.25) is 0 Å². The molecule has 1 aliphatic heterocycles. The van der Waals surface area contributed by atoms with Gasteiger partial charge in [-0.15, -0.1) is 11.3 Å². The second-order valence-corrected chi connectivity index (χ2v) is 4.34. The first kappa shape index (κ1) is 8.72. The number of aliphatic hydroxyl groups excluding tert-OH is 1. The number of oxime groups is 1. The number of hydrogen-bond acceptors (Lipinski definition) is 4. The van der Waals surface area contributed by atoms with Crippen molar-refractivity contribution in [2.75, 3.05) is 6.61 Å². The zero-order valence-electron chi connectivity index (χ0n) is 7.36. The highest BCUT2D eigenvalue weighted by atomic mass is 32.1. The first-order valence-corrected chi connectivity index (χ1v) is 5.01. The third kappa shape index (κ3) is 1.59. The molecule has 13 heavy (non-hydrogen) atoms. The van der Waals surface area contributed by atoms with Crippen LogP contribution < -0.4 is 0 Å². The minimum atomic E-state index is -0.515. The van der Waals surface area contributed by atoms with Crippen molar-refractivity contribution in [1.29, 1.82) is 0 Å². The van der Waals surface area contributed by atoms with Crippen molar-refractivity contribution >= 4 is 17.0 Å². The maximum atomic E-state index is 9.05. The normalized spacial score (nSPS) is 27.1. The lowest BCUT2D eigenvalue weighted by molar-refractivity contribution is -0.0428. The van der Waals surface area contributed by atoms with E-state index in [1.165, 1.54) is 0 Å². The van der Waals surface area contributed by atoms with E-state index in [1.807, 2.05) is 24.4 Å². The summed E-state index contributed by atoms with van der Waals surface area (Å²) >= 11 is 1.64. The third-order valence-corrected chi connectivity index (χ3v) is 2.98. The lowest BCUT2D eigenvalue weighted by Gasteiger charge is -2.16. The van der Waals surface area contributed by atoms with E-state index in [0.29, 0.717) is 6.42 Å². The van der Waals surface area contributed by atoms with Crippen LogP contribution in [0.15, 0.2) is 22.7 Å². The quantitative estimate of drug-likeness (QED) is 0.782. The summed E-state index contributed by atoms with van der Waals surface area (Å²) in [6.07, 6.45) is 0.685. The van der Waals surface area contributed by atoms with Gasteiger partial charge in [-0.25, -0.2) is 0 Å². The zero-order valence-corrected chi connectivity index (χ0v) is 8.17. The smallest absolute Gasteiger partial charge is 0.163 e. The van der Waals surface area contributed by atoms with Crippen molar-refractivity contribution in [2.45, 2.75) is 18.9 Å². The van der Waals surface area contributed by atoms with E-state index in [4.69, 9.17) is 9.94 Å². The molecule has 1 N–H and O–H groups in total. The molecule has 1 aliphatic rings. The van der Waals surface area contributed by atoms with Crippen molar-refractivity contribution in [3.63, 3.8) is 0 Å². The van der Waals surface area contributed by atoms with Crippen molar-refractivity contribution in [3.05, 3.63) is 22.4 Å². The van der Waals surface area contributed by atoms with Gasteiger partial charge in [-0.2, -0.15) is 0 Å². The van der Waals surface area contributed by atoms with E-state index < -0.39 is 5.60 Å². The average molecular weight is 197 g/mol. The molecule has 0 bridgehead atoms. The van der Waals surface area contributed by atoms with Gasteiger partial charge < -0.3 is 9.94 Å². The van der Waals surface area contributed by atoms with Crippen molar-refractivity contribution < 1.29 is 9.94 Å². The molecular weight excluding hydrogens is 186 g/mol. The van der Waals surface area contributed by atoms with E-state index in [-0.39, 0.29) is 6.61 Å². The molecule has 0 spiro atoms. The zero-order chi connectivity index (χ0) is 9.31. The molecule has 0 saturated carbocycles. The summed E-state index contributed by atoms with van der Waals surface area (Å²) in [5.41, 5.74) is 0.422. The van der Waals surface area contributed by atoms with Gasteiger partial charge in [0.15, 0.2) is 5.60 Å². The standard InChI is InChI=1S/C9H11NO2S/c1-9(6-11)5-7(10-12-9)8-3-2-4-13-8/h2-4,11H,5-6H2,1H3. The maximum absolute atomic E-state index is 9.05. The molecule has 3 nitrogen and oxygen atoms in total. The van der Waals surface area contributed by atoms with Crippen molar-refractivity contribution in [2.24, 2.45) is 5.16 Å². The van der Waals surface area contributed by atoms with Crippen LogP contribution in [0.3, 0.4) is 0 Å². The number of thiophene rings is 1. The Hall–Kier alpha value is -0.870. The number of rotatable bonds is 2. The fraction of sp³-hybridized carbons (Fsp3) is 0.444. The molecule has 2 rings (SSSR count). The van der Waals surface area contributed by atoms with Gasteiger partial charge in [0.1, 0.15) is 5.71 Å². The molecule has 2 heterocycles. The van der Waals surface area contributed by atoms with Crippen LogP contribution in [0.5, 0.6) is 0 Å². The van der Waals surface area contributed by atoms with Crippen LogP contribution in [0.25, 0.3) is 0 Å². The molecular formula is C9H11NO2S. The molecule has 0 radical (unpaired) electrons. The predicted octanol–water partition coefficient (Wildman–Crippen LogP) is 1.62. The number of hydrogen-bond donors (Lipinski definition) is 1. The molecule has 1 aromatic heterocycles. The third-order valence-electron chi connectivity index (χ3n) is 2.06. The topological polar surface area (TPSA) is 41.8 Å². The Kier molecular flexibility index (Phi) is 2.09. The van der Waals surface area contributed by atoms with Crippen LogP contribution in [-0.2, 0) is 4.84 Å². The van der Waals surface area contributed by atoms with E-state index >= 15 is 0 Å². The molecule has 0 fully saturated rings. The minimum Gasteiger partial charge on any atom is -0.392 e. The van der Waals surface area contributed by atoms with Gasteiger partial charge in [-0.05, 0) is 18.4 Å². The van der Waals surface area contributed by atoms with E-state index in [9.17, 15) is 0 Å². The monoisotopic (exact) mass is 197 g/mol. The van der Waals surface area contributed by atoms with Crippen LogP contribution in [0.4, 0.5) is 0 Å². The van der Waals surface area contributed by atoms with Crippen molar-refractivity contribution in [3.8, 4) is 0 Å². The van der Waals surface area contributed by atoms with Gasteiger partial charge in [0, 0.05) is 6.42 Å². The predicted molar refractivity (Wildman–Crippen MR) is 52.0 cm³/mol. The van der Waals surface area contributed by atoms with Crippen LogP contribution in [0.1, 0.15) is 18.2 Å². The maximum Gasteiger partial charge on any atom is 0.163 e. The summed E-state index contributed by atoms with van der Waals surface area (Å²) in [5.74, 6) is 0. The van der Waals surface area contributed by atoms with Crippen LogP contribution in [-0.4, -0.2) is 23.0 Å². The van der Waals surface area contributed by atoms with Gasteiger partial charge >= 0.3 is 0 Å². The first-order valence-electron chi connectivity index (χ1n) is 4.13. The molecule has 4 heteroatoms. The fourth-order valence-corrected chi connectivity index (χ4v) is 1.95. The summed E-state index contributed by atoms with van der Waals surface area (Å²) in [6, 6.07) is 3.99. The summed E-state index contributed by atoms with van der Waals surface area (Å²) in [4.78, 5) is 6.29. The molecule has 1 unspecified atom stereocenters. The van der Waals surface area contributed by atoms with E-state index in [1.54, 1.807) is 11.3 Å². The lowest BCUT2D eigenvalue weighted by Crippen LogP contribution is -2.29. The number of nitrogens with zero attached hydrogens (tertiary/aromatic N) is 1. The Morgan fingerprint density at radius 1 is 1.77 bits per heavy atom. The fourth-order valence-electron chi connectivity index (χ4n) is 1.24. The molecule has 0 aromatic carbocycles. The summed E-state index contributed by atoms with van der Waals surface area (Å²) < 4.78 is 0. The average Bonchev–Trinajstić information content (AvgIpc) is 2.73. The number of aliphatic hydroxyl groups is 1. The largest absolute Gasteiger partial charge is 0.392 e. The minimum absolute atomic E-state index is 0.00533. The highest BCUT2D eigenvalue weighted by Gasteiger charge is 2.34. The second-order valence-electron chi connectivity index (χ2n) is 3.39. The lowest BCUT2D eigenvalue weighted by atomic mass is 10.0. The first-order chi connectivity index (χ1) is 6.23. The highest BCUT2D eigenvalue weighted by Crippen LogP contribution is 2.27. The second kappa shape index (κ2) is 3.12.